The molecular weight excluding hydrogens is 402 g/mol. The van der Waals surface area contributed by atoms with E-state index < -0.39 is 24.4 Å². The van der Waals surface area contributed by atoms with Crippen LogP contribution in [-0.2, 0) is 16.0 Å². The summed E-state index contributed by atoms with van der Waals surface area (Å²) in [6.07, 6.45) is -1.00. The monoisotopic (exact) mass is 426 g/mol. The third kappa shape index (κ3) is 4.73. The Kier molecular flexibility index (Phi) is 6.25. The molecule has 2 atom stereocenters. The first-order valence-corrected chi connectivity index (χ1v) is 10.4. The molecule has 31 heavy (non-hydrogen) atoms. The third-order valence-electron chi connectivity index (χ3n) is 5.60. The van der Waals surface area contributed by atoms with Crippen molar-refractivity contribution < 1.29 is 18.4 Å². The summed E-state index contributed by atoms with van der Waals surface area (Å²) in [6.45, 7) is 0.446. The SMILES string of the molecule is O=C(NC(c1ccccc1)C(F)F)[C@@H]1CCCN1C(=O)CCc1nc2ccccc2[nH]1. The second kappa shape index (κ2) is 9.24. The van der Waals surface area contributed by atoms with Crippen LogP contribution in [-0.4, -0.2) is 45.7 Å². The zero-order chi connectivity index (χ0) is 21.8. The lowest BCUT2D eigenvalue weighted by molar-refractivity contribution is -0.139. The van der Waals surface area contributed by atoms with Crippen molar-refractivity contribution in [3.63, 3.8) is 0 Å². The number of alkyl halides is 2. The molecule has 1 aliphatic rings. The second-order valence-corrected chi connectivity index (χ2v) is 7.68. The van der Waals surface area contributed by atoms with Crippen LogP contribution in [0.3, 0.4) is 0 Å². The van der Waals surface area contributed by atoms with Gasteiger partial charge in [-0.15, -0.1) is 0 Å². The van der Waals surface area contributed by atoms with Crippen molar-refractivity contribution in [2.75, 3.05) is 6.54 Å². The maximum absolute atomic E-state index is 13.6. The van der Waals surface area contributed by atoms with E-state index in [4.69, 9.17) is 0 Å². The fourth-order valence-corrected chi connectivity index (χ4v) is 4.03. The number of halogens is 2. The average Bonchev–Trinajstić information content (AvgIpc) is 3.43. The Morgan fingerprint density at radius 2 is 1.87 bits per heavy atom. The molecule has 1 fully saturated rings. The number of aryl methyl sites for hydroxylation is 1. The molecule has 0 saturated carbocycles. The van der Waals surface area contributed by atoms with Gasteiger partial charge in [0.25, 0.3) is 6.43 Å². The Hall–Kier alpha value is -3.29. The van der Waals surface area contributed by atoms with Gasteiger partial charge >= 0.3 is 0 Å². The van der Waals surface area contributed by atoms with E-state index in [-0.39, 0.29) is 12.3 Å². The topological polar surface area (TPSA) is 78.1 Å². The molecule has 0 spiro atoms. The molecule has 8 heteroatoms. The van der Waals surface area contributed by atoms with Crippen LogP contribution in [0.1, 0.15) is 36.7 Å². The number of aromatic amines is 1. The van der Waals surface area contributed by atoms with Gasteiger partial charge in [0.05, 0.1) is 11.0 Å². The lowest BCUT2D eigenvalue weighted by atomic mass is 10.1. The summed E-state index contributed by atoms with van der Waals surface area (Å²) >= 11 is 0. The number of hydrogen-bond acceptors (Lipinski definition) is 3. The molecule has 0 bridgehead atoms. The number of carbonyl (C=O) groups excluding carboxylic acids is 2. The highest BCUT2D eigenvalue weighted by molar-refractivity contribution is 5.88. The predicted molar refractivity (Wildman–Crippen MR) is 112 cm³/mol. The Balaban J connectivity index is 1.39. The first kappa shape index (κ1) is 21.0. The zero-order valence-corrected chi connectivity index (χ0v) is 16.9. The van der Waals surface area contributed by atoms with Crippen molar-refractivity contribution in [2.24, 2.45) is 0 Å². The number of H-pyrrole nitrogens is 1. The molecule has 2 amide bonds. The lowest BCUT2D eigenvalue weighted by Crippen LogP contribution is -2.48. The minimum Gasteiger partial charge on any atom is -0.342 e. The molecule has 1 aliphatic heterocycles. The van der Waals surface area contributed by atoms with Crippen molar-refractivity contribution in [2.45, 2.75) is 44.2 Å². The first-order valence-electron chi connectivity index (χ1n) is 10.4. The second-order valence-electron chi connectivity index (χ2n) is 7.68. The van der Waals surface area contributed by atoms with Gasteiger partial charge in [-0.3, -0.25) is 9.59 Å². The maximum atomic E-state index is 13.6. The Morgan fingerprint density at radius 1 is 1.13 bits per heavy atom. The number of para-hydroxylation sites is 2. The standard InChI is InChI=1S/C23H24F2N4O2/c24-22(25)21(15-7-2-1-3-8-15)28-23(31)18-11-6-14-29(18)20(30)13-12-19-26-16-9-4-5-10-17(16)27-19/h1-5,7-10,18,21-22H,6,11-14H2,(H,26,27)(H,28,31)/t18-,21?/m0/s1. The van der Waals surface area contributed by atoms with Crippen LogP contribution in [0.15, 0.2) is 54.6 Å². The third-order valence-corrected chi connectivity index (χ3v) is 5.60. The Bertz CT molecular complexity index is 1020. The number of likely N-dealkylation sites (tertiary alicyclic amines) is 1. The van der Waals surface area contributed by atoms with Crippen LogP contribution in [0.25, 0.3) is 11.0 Å². The molecule has 2 heterocycles. The number of nitrogens with zero attached hydrogens (tertiary/aromatic N) is 2. The molecule has 4 rings (SSSR count). The van der Waals surface area contributed by atoms with E-state index >= 15 is 0 Å². The van der Waals surface area contributed by atoms with E-state index in [1.807, 2.05) is 24.3 Å². The maximum Gasteiger partial charge on any atom is 0.262 e. The molecule has 1 aromatic heterocycles. The number of imidazole rings is 1. The van der Waals surface area contributed by atoms with Gasteiger partial charge in [0.1, 0.15) is 17.9 Å². The molecular formula is C23H24F2N4O2. The van der Waals surface area contributed by atoms with Crippen LogP contribution in [0.4, 0.5) is 8.78 Å². The van der Waals surface area contributed by atoms with E-state index in [0.29, 0.717) is 37.2 Å². The summed E-state index contributed by atoms with van der Waals surface area (Å²) < 4.78 is 27.2. The first-order chi connectivity index (χ1) is 15.0. The highest BCUT2D eigenvalue weighted by Gasteiger charge is 2.36. The molecule has 2 N–H and O–H groups in total. The van der Waals surface area contributed by atoms with E-state index in [1.165, 1.54) is 4.90 Å². The Labute approximate surface area is 178 Å². The van der Waals surface area contributed by atoms with Gasteiger partial charge in [0.15, 0.2) is 0 Å². The molecule has 6 nitrogen and oxygen atoms in total. The predicted octanol–water partition coefficient (Wildman–Crippen LogP) is 3.61. The van der Waals surface area contributed by atoms with E-state index in [2.05, 4.69) is 15.3 Å². The fraction of sp³-hybridized carbons (Fsp3) is 0.348. The van der Waals surface area contributed by atoms with Crippen molar-refractivity contribution >= 4 is 22.8 Å². The molecule has 162 valence electrons. The molecule has 0 radical (unpaired) electrons. The summed E-state index contributed by atoms with van der Waals surface area (Å²) in [5.74, 6) is -0.00764. The minimum atomic E-state index is -2.75. The van der Waals surface area contributed by atoms with Crippen LogP contribution < -0.4 is 5.32 Å². The van der Waals surface area contributed by atoms with Crippen molar-refractivity contribution in [3.8, 4) is 0 Å². The molecule has 1 saturated heterocycles. The highest BCUT2D eigenvalue weighted by Crippen LogP contribution is 2.24. The van der Waals surface area contributed by atoms with E-state index in [9.17, 15) is 18.4 Å². The fourth-order valence-electron chi connectivity index (χ4n) is 4.03. The highest BCUT2D eigenvalue weighted by atomic mass is 19.3. The molecule has 2 aromatic carbocycles. The van der Waals surface area contributed by atoms with Gasteiger partial charge in [-0.25, -0.2) is 13.8 Å². The van der Waals surface area contributed by atoms with Crippen molar-refractivity contribution in [1.29, 1.82) is 0 Å². The number of nitrogens with one attached hydrogen (secondary N) is 2. The molecule has 3 aromatic rings. The Morgan fingerprint density at radius 3 is 2.61 bits per heavy atom. The van der Waals surface area contributed by atoms with Gasteiger partial charge in [-0.05, 0) is 30.5 Å². The number of amides is 2. The lowest BCUT2D eigenvalue weighted by Gasteiger charge is -2.26. The summed E-state index contributed by atoms with van der Waals surface area (Å²) in [5, 5.41) is 2.45. The van der Waals surface area contributed by atoms with Crippen LogP contribution in [0.5, 0.6) is 0 Å². The van der Waals surface area contributed by atoms with Gasteiger partial charge in [-0.1, -0.05) is 42.5 Å². The van der Waals surface area contributed by atoms with Crippen LogP contribution in [0.2, 0.25) is 0 Å². The summed E-state index contributed by atoms with van der Waals surface area (Å²) in [7, 11) is 0. The number of aromatic nitrogens is 2. The summed E-state index contributed by atoms with van der Waals surface area (Å²) in [4.78, 5) is 34.7. The number of fused-ring (bicyclic) bond motifs is 1. The quantitative estimate of drug-likeness (QED) is 0.606. The van der Waals surface area contributed by atoms with Gasteiger partial charge in [0.2, 0.25) is 11.8 Å². The van der Waals surface area contributed by atoms with Gasteiger partial charge in [-0.2, -0.15) is 0 Å². The zero-order valence-electron chi connectivity index (χ0n) is 16.9. The van der Waals surface area contributed by atoms with Gasteiger partial charge in [0, 0.05) is 19.4 Å². The largest absolute Gasteiger partial charge is 0.342 e. The number of hydrogen-bond donors (Lipinski definition) is 2. The number of carbonyl (C=O) groups is 2. The van der Waals surface area contributed by atoms with Crippen molar-refractivity contribution in [3.05, 3.63) is 66.0 Å². The normalized spacial score (nSPS) is 17.3. The van der Waals surface area contributed by atoms with Crippen LogP contribution in [0, 0.1) is 0 Å². The smallest absolute Gasteiger partial charge is 0.262 e. The molecule has 1 unspecified atom stereocenters. The summed E-state index contributed by atoms with van der Waals surface area (Å²) in [6, 6.07) is 13.6. The average molecular weight is 426 g/mol. The van der Waals surface area contributed by atoms with Gasteiger partial charge < -0.3 is 15.2 Å². The van der Waals surface area contributed by atoms with Crippen molar-refractivity contribution in [1.82, 2.24) is 20.2 Å². The van der Waals surface area contributed by atoms with E-state index in [1.54, 1.807) is 30.3 Å². The summed E-state index contributed by atoms with van der Waals surface area (Å²) in [5.41, 5.74) is 2.08. The van der Waals surface area contributed by atoms with E-state index in [0.717, 1.165) is 11.0 Å². The molecule has 0 aliphatic carbocycles. The minimum absolute atomic E-state index is 0.175. The number of benzene rings is 2. The van der Waals surface area contributed by atoms with Crippen LogP contribution >= 0.6 is 0 Å². The number of rotatable bonds is 7.